The van der Waals surface area contributed by atoms with Crippen molar-refractivity contribution in [3.05, 3.63) is 22.3 Å². The van der Waals surface area contributed by atoms with Crippen molar-refractivity contribution in [1.29, 1.82) is 0 Å². The summed E-state index contributed by atoms with van der Waals surface area (Å²) >= 11 is 3.57. The number of piperidine rings is 1. The number of halogens is 1. The number of rotatable bonds is 2. The number of nitrogens with one attached hydrogen (secondary N) is 1. The van der Waals surface area contributed by atoms with Gasteiger partial charge in [0, 0.05) is 18.8 Å². The lowest BCUT2D eigenvalue weighted by Gasteiger charge is -2.35. The Kier molecular flexibility index (Phi) is 4.05. The molecule has 2 unspecified atom stereocenters. The molecule has 1 aromatic rings. The first kappa shape index (κ1) is 12.8. The smallest absolute Gasteiger partial charge is 0.140 e. The maximum Gasteiger partial charge on any atom is 0.140 e. The topological polar surface area (TPSA) is 28.2 Å². The van der Waals surface area contributed by atoms with Crippen LogP contribution < -0.4 is 5.32 Å². The number of aryl methyl sites for hydroxylation is 1. The fourth-order valence-electron chi connectivity index (χ4n) is 2.38. The number of aromatic nitrogens is 1. The molecule has 1 aromatic heterocycles. The van der Waals surface area contributed by atoms with Gasteiger partial charge in [0.1, 0.15) is 5.82 Å². The van der Waals surface area contributed by atoms with Crippen LogP contribution in [0.2, 0.25) is 0 Å². The number of anilines is 1. The summed E-state index contributed by atoms with van der Waals surface area (Å²) in [7, 11) is 2.19. The van der Waals surface area contributed by atoms with Gasteiger partial charge in [-0.2, -0.15) is 0 Å². The van der Waals surface area contributed by atoms with Crippen molar-refractivity contribution < 1.29 is 0 Å². The van der Waals surface area contributed by atoms with E-state index in [0.717, 1.165) is 23.4 Å². The molecule has 1 aliphatic rings. The minimum absolute atomic E-state index is 0.526. The van der Waals surface area contributed by atoms with Crippen molar-refractivity contribution >= 4 is 21.7 Å². The second kappa shape index (κ2) is 5.36. The molecule has 2 atom stereocenters. The SMILES string of the molecule is Cc1cnc(NC2CCN(C)CC2C)c(Br)c1. The summed E-state index contributed by atoms with van der Waals surface area (Å²) < 4.78 is 1.06. The van der Waals surface area contributed by atoms with E-state index in [-0.39, 0.29) is 0 Å². The molecule has 0 aliphatic carbocycles. The molecular formula is C13H20BrN3. The molecule has 0 aromatic carbocycles. The molecule has 17 heavy (non-hydrogen) atoms. The van der Waals surface area contributed by atoms with E-state index in [1.54, 1.807) is 0 Å². The Morgan fingerprint density at radius 2 is 2.29 bits per heavy atom. The standard InChI is InChI=1S/C13H20BrN3/c1-9-6-11(14)13(15-7-9)16-12-4-5-17(3)8-10(12)2/h6-7,10,12H,4-5,8H2,1-3H3,(H,15,16). The van der Waals surface area contributed by atoms with Crippen LogP contribution in [0.25, 0.3) is 0 Å². The fraction of sp³-hybridized carbons (Fsp3) is 0.615. The summed E-state index contributed by atoms with van der Waals surface area (Å²) in [6, 6.07) is 2.63. The van der Waals surface area contributed by atoms with E-state index >= 15 is 0 Å². The number of nitrogens with zero attached hydrogens (tertiary/aromatic N) is 2. The first-order valence-electron chi connectivity index (χ1n) is 6.13. The van der Waals surface area contributed by atoms with Crippen LogP contribution in [0.3, 0.4) is 0 Å². The molecule has 1 N–H and O–H groups in total. The lowest BCUT2D eigenvalue weighted by atomic mass is 9.94. The van der Waals surface area contributed by atoms with Gasteiger partial charge in [-0.25, -0.2) is 4.98 Å². The maximum atomic E-state index is 4.45. The second-order valence-corrected chi connectivity index (χ2v) is 5.98. The third-order valence-electron chi connectivity index (χ3n) is 3.41. The quantitative estimate of drug-likeness (QED) is 0.910. The average molecular weight is 298 g/mol. The van der Waals surface area contributed by atoms with Gasteiger partial charge in [0.25, 0.3) is 0 Å². The van der Waals surface area contributed by atoms with Crippen LogP contribution in [0, 0.1) is 12.8 Å². The first-order chi connectivity index (χ1) is 8.06. The van der Waals surface area contributed by atoms with Gasteiger partial charge >= 0.3 is 0 Å². The Morgan fingerprint density at radius 3 is 2.94 bits per heavy atom. The summed E-state index contributed by atoms with van der Waals surface area (Å²) in [4.78, 5) is 6.84. The molecule has 3 nitrogen and oxygen atoms in total. The van der Waals surface area contributed by atoms with Crippen molar-refractivity contribution in [3.8, 4) is 0 Å². The lowest BCUT2D eigenvalue weighted by molar-refractivity contribution is 0.206. The van der Waals surface area contributed by atoms with Gasteiger partial charge in [0.05, 0.1) is 4.47 Å². The van der Waals surface area contributed by atoms with E-state index in [9.17, 15) is 0 Å². The van der Waals surface area contributed by atoms with Crippen molar-refractivity contribution in [3.63, 3.8) is 0 Å². The average Bonchev–Trinajstić information content (AvgIpc) is 2.25. The molecule has 0 spiro atoms. The van der Waals surface area contributed by atoms with E-state index in [4.69, 9.17) is 0 Å². The van der Waals surface area contributed by atoms with E-state index in [0.29, 0.717) is 12.0 Å². The van der Waals surface area contributed by atoms with Crippen molar-refractivity contribution in [2.24, 2.45) is 5.92 Å². The molecule has 0 radical (unpaired) electrons. The van der Waals surface area contributed by atoms with Crippen LogP contribution in [0.15, 0.2) is 16.7 Å². The van der Waals surface area contributed by atoms with Crippen LogP contribution in [0.1, 0.15) is 18.9 Å². The van der Waals surface area contributed by atoms with Crippen molar-refractivity contribution in [1.82, 2.24) is 9.88 Å². The second-order valence-electron chi connectivity index (χ2n) is 5.12. The number of hydrogen-bond acceptors (Lipinski definition) is 3. The zero-order valence-electron chi connectivity index (χ0n) is 10.7. The Hall–Kier alpha value is -0.610. The van der Waals surface area contributed by atoms with Gasteiger partial charge in [-0.3, -0.25) is 0 Å². The van der Waals surface area contributed by atoms with E-state index in [1.807, 2.05) is 6.20 Å². The molecule has 1 saturated heterocycles. The molecule has 94 valence electrons. The van der Waals surface area contributed by atoms with Crippen LogP contribution in [-0.4, -0.2) is 36.1 Å². The normalized spacial score (nSPS) is 25.9. The van der Waals surface area contributed by atoms with Gasteiger partial charge in [0.15, 0.2) is 0 Å². The van der Waals surface area contributed by atoms with Gasteiger partial charge in [0.2, 0.25) is 0 Å². The summed E-state index contributed by atoms with van der Waals surface area (Å²) in [5, 5.41) is 3.56. The highest BCUT2D eigenvalue weighted by atomic mass is 79.9. The minimum Gasteiger partial charge on any atom is -0.366 e. The Labute approximate surface area is 112 Å². The number of likely N-dealkylation sites (tertiary alicyclic amines) is 1. The number of pyridine rings is 1. The number of hydrogen-bond donors (Lipinski definition) is 1. The molecule has 0 amide bonds. The predicted molar refractivity (Wildman–Crippen MR) is 75.4 cm³/mol. The van der Waals surface area contributed by atoms with Gasteiger partial charge in [-0.05, 0) is 60.4 Å². The molecule has 1 fully saturated rings. The Bertz CT molecular complexity index is 394. The van der Waals surface area contributed by atoms with Crippen LogP contribution in [0.5, 0.6) is 0 Å². The fourth-order valence-corrected chi connectivity index (χ4v) is 2.96. The molecule has 0 bridgehead atoms. The molecule has 4 heteroatoms. The van der Waals surface area contributed by atoms with Gasteiger partial charge in [-0.15, -0.1) is 0 Å². The molecule has 2 rings (SSSR count). The highest BCUT2D eigenvalue weighted by Gasteiger charge is 2.24. The third-order valence-corrected chi connectivity index (χ3v) is 4.01. The molecular weight excluding hydrogens is 278 g/mol. The highest BCUT2D eigenvalue weighted by molar-refractivity contribution is 9.10. The molecule has 1 aliphatic heterocycles. The minimum atomic E-state index is 0.526. The van der Waals surface area contributed by atoms with E-state index in [1.165, 1.54) is 12.0 Å². The van der Waals surface area contributed by atoms with Crippen molar-refractivity contribution in [2.45, 2.75) is 26.3 Å². The lowest BCUT2D eigenvalue weighted by Crippen LogP contribution is -2.43. The van der Waals surface area contributed by atoms with Crippen LogP contribution in [0.4, 0.5) is 5.82 Å². The summed E-state index contributed by atoms with van der Waals surface area (Å²) in [5.41, 5.74) is 1.18. The zero-order valence-corrected chi connectivity index (χ0v) is 12.3. The Morgan fingerprint density at radius 1 is 1.53 bits per heavy atom. The Balaban J connectivity index is 2.05. The largest absolute Gasteiger partial charge is 0.366 e. The zero-order chi connectivity index (χ0) is 12.4. The maximum absolute atomic E-state index is 4.45. The monoisotopic (exact) mass is 297 g/mol. The third kappa shape index (κ3) is 3.19. The van der Waals surface area contributed by atoms with Crippen molar-refractivity contribution in [2.75, 3.05) is 25.5 Å². The summed E-state index contributed by atoms with van der Waals surface area (Å²) in [6.45, 7) is 6.67. The van der Waals surface area contributed by atoms with Gasteiger partial charge in [-0.1, -0.05) is 6.92 Å². The summed E-state index contributed by atoms with van der Waals surface area (Å²) in [6.07, 6.45) is 3.09. The molecule has 0 saturated carbocycles. The van der Waals surface area contributed by atoms with Crippen LogP contribution >= 0.6 is 15.9 Å². The van der Waals surface area contributed by atoms with Crippen LogP contribution in [-0.2, 0) is 0 Å². The highest BCUT2D eigenvalue weighted by Crippen LogP contribution is 2.25. The molecule has 2 heterocycles. The van der Waals surface area contributed by atoms with E-state index < -0.39 is 0 Å². The van der Waals surface area contributed by atoms with Gasteiger partial charge < -0.3 is 10.2 Å². The predicted octanol–water partition coefficient (Wildman–Crippen LogP) is 2.90. The first-order valence-corrected chi connectivity index (χ1v) is 6.93. The summed E-state index contributed by atoms with van der Waals surface area (Å²) in [5.74, 6) is 1.63. The van der Waals surface area contributed by atoms with E-state index in [2.05, 4.69) is 58.1 Å².